The van der Waals surface area contributed by atoms with E-state index in [1.54, 1.807) is 0 Å². The van der Waals surface area contributed by atoms with Gasteiger partial charge >= 0.3 is 5.97 Å². The summed E-state index contributed by atoms with van der Waals surface area (Å²) in [6, 6.07) is 0. The van der Waals surface area contributed by atoms with E-state index in [4.69, 9.17) is 9.47 Å². The summed E-state index contributed by atoms with van der Waals surface area (Å²) in [4.78, 5) is 25.5. The first-order valence-corrected chi connectivity index (χ1v) is 11.6. The molecule has 1 unspecified atom stereocenters. The van der Waals surface area contributed by atoms with E-state index in [0.717, 1.165) is 24.0 Å². The van der Waals surface area contributed by atoms with Crippen LogP contribution in [-0.2, 0) is 19.1 Å². The summed E-state index contributed by atoms with van der Waals surface area (Å²) in [6.45, 7) is 11.5. The summed E-state index contributed by atoms with van der Waals surface area (Å²) < 4.78 is 11.9. The third-order valence-corrected chi connectivity index (χ3v) is 8.64. The van der Waals surface area contributed by atoms with Crippen molar-refractivity contribution in [1.82, 2.24) is 0 Å². The molecule has 2 heterocycles. The Labute approximate surface area is 184 Å². The Bertz CT molecular complexity index is 856. The predicted molar refractivity (Wildman–Crippen MR) is 115 cm³/mol. The molecule has 1 saturated heterocycles. The van der Waals surface area contributed by atoms with Gasteiger partial charge in [0.25, 0.3) is 0 Å². The fraction of sp³-hybridized carbons (Fsp3) is 0.760. The van der Waals surface area contributed by atoms with Crippen LogP contribution < -0.4 is 0 Å². The van der Waals surface area contributed by atoms with Gasteiger partial charge in [-0.3, -0.25) is 4.79 Å². The highest BCUT2D eigenvalue weighted by molar-refractivity contribution is 5.94. The second kappa shape index (κ2) is 7.26. The van der Waals surface area contributed by atoms with Crippen LogP contribution in [0.4, 0.5) is 0 Å². The Morgan fingerprint density at radius 1 is 1.23 bits per heavy atom. The van der Waals surface area contributed by atoms with Crippen molar-refractivity contribution < 1.29 is 29.3 Å². The predicted octanol–water partition coefficient (Wildman–Crippen LogP) is 3.11. The monoisotopic (exact) mass is 432 g/mol. The molecule has 2 N–H and O–H groups in total. The van der Waals surface area contributed by atoms with E-state index in [1.807, 2.05) is 47.6 Å². The van der Waals surface area contributed by atoms with Gasteiger partial charge < -0.3 is 19.7 Å². The van der Waals surface area contributed by atoms with E-state index < -0.39 is 28.8 Å². The molecule has 0 radical (unpaired) electrons. The van der Waals surface area contributed by atoms with Crippen LogP contribution in [-0.4, -0.2) is 51.0 Å². The number of carbonyl (C=O) groups is 2. The van der Waals surface area contributed by atoms with Gasteiger partial charge in [0, 0.05) is 12.0 Å². The minimum atomic E-state index is -1.43. The molecular weight excluding hydrogens is 396 g/mol. The Morgan fingerprint density at radius 2 is 1.90 bits per heavy atom. The summed E-state index contributed by atoms with van der Waals surface area (Å²) in [5.74, 6) is -2.21. The number of ether oxygens (including phenoxy) is 2. The SMILES string of the molecule is CC(C)=C[C@H]1O[C@@](C)(CCC2OC(=O)C=C2C)[C@@H]2C(=O)[C@]3(O)[C@@H](C)CC[C@H]3[C@H](C)[C@@]21O. The van der Waals surface area contributed by atoms with E-state index in [2.05, 4.69) is 0 Å². The lowest BCUT2D eigenvalue weighted by molar-refractivity contribution is -0.193. The minimum absolute atomic E-state index is 0.148. The minimum Gasteiger partial charge on any atom is -0.455 e. The maximum absolute atomic E-state index is 13.9. The van der Waals surface area contributed by atoms with E-state index in [1.165, 1.54) is 6.08 Å². The average Bonchev–Trinajstić information content (AvgIpc) is 3.23. The molecule has 2 aliphatic heterocycles. The van der Waals surface area contributed by atoms with Gasteiger partial charge in [-0.15, -0.1) is 0 Å². The fourth-order valence-electron chi connectivity index (χ4n) is 6.88. The van der Waals surface area contributed by atoms with E-state index in [0.29, 0.717) is 12.8 Å². The lowest BCUT2D eigenvalue weighted by Gasteiger charge is -2.53. The summed E-state index contributed by atoms with van der Waals surface area (Å²) in [5, 5.41) is 23.8. The third kappa shape index (κ3) is 3.09. The topological polar surface area (TPSA) is 93.1 Å². The van der Waals surface area contributed by atoms with Crippen LogP contribution in [0.25, 0.3) is 0 Å². The van der Waals surface area contributed by atoms with Gasteiger partial charge in [-0.25, -0.2) is 4.79 Å². The van der Waals surface area contributed by atoms with Crippen molar-refractivity contribution in [3.05, 3.63) is 23.3 Å². The smallest absolute Gasteiger partial charge is 0.331 e. The summed E-state index contributed by atoms with van der Waals surface area (Å²) in [7, 11) is 0. The van der Waals surface area contributed by atoms with Crippen molar-refractivity contribution in [2.45, 2.75) is 96.2 Å². The van der Waals surface area contributed by atoms with Crippen LogP contribution in [0, 0.1) is 23.7 Å². The van der Waals surface area contributed by atoms with Crippen molar-refractivity contribution in [3.8, 4) is 0 Å². The first kappa shape index (κ1) is 22.7. The number of allylic oxidation sites excluding steroid dienone is 1. The zero-order chi connectivity index (χ0) is 22.9. The fourth-order valence-corrected chi connectivity index (χ4v) is 6.88. The quantitative estimate of drug-likeness (QED) is 0.524. The van der Waals surface area contributed by atoms with Crippen LogP contribution in [0.15, 0.2) is 23.3 Å². The van der Waals surface area contributed by atoms with Crippen molar-refractivity contribution in [1.29, 1.82) is 0 Å². The number of cyclic esters (lactones) is 1. The van der Waals surface area contributed by atoms with E-state index >= 15 is 0 Å². The average molecular weight is 433 g/mol. The molecule has 0 bridgehead atoms. The highest BCUT2D eigenvalue weighted by atomic mass is 16.6. The lowest BCUT2D eigenvalue weighted by atomic mass is 9.53. The summed E-state index contributed by atoms with van der Waals surface area (Å²) in [5.41, 5.74) is -1.94. The number of hydrogen-bond donors (Lipinski definition) is 2. The largest absolute Gasteiger partial charge is 0.455 e. The maximum Gasteiger partial charge on any atom is 0.331 e. The number of aliphatic hydroxyl groups is 2. The second-order valence-corrected chi connectivity index (χ2v) is 10.8. The lowest BCUT2D eigenvalue weighted by Crippen LogP contribution is -2.69. The Balaban J connectivity index is 1.73. The van der Waals surface area contributed by atoms with Crippen molar-refractivity contribution in [2.24, 2.45) is 23.7 Å². The van der Waals surface area contributed by atoms with Crippen LogP contribution in [0.2, 0.25) is 0 Å². The molecule has 0 aromatic heterocycles. The molecule has 0 amide bonds. The molecule has 4 rings (SSSR count). The molecule has 4 aliphatic rings. The molecule has 9 atom stereocenters. The molecule has 2 aliphatic carbocycles. The van der Waals surface area contributed by atoms with Crippen LogP contribution in [0.3, 0.4) is 0 Å². The standard InChI is InChI=1S/C25H36O6/c1-13(2)11-19-25(29)16(5)17-8-7-15(4)24(17,28)22(27)21(25)23(6,31-19)10-9-18-14(3)12-20(26)30-18/h11-12,15-19,21,28-29H,7-10H2,1-6H3/t15-,16-,17-,18?,19+,21-,23-,24-,25-/m0/s1. The van der Waals surface area contributed by atoms with Gasteiger partial charge in [0.1, 0.15) is 23.4 Å². The number of fused-ring (bicyclic) bond motifs is 2. The summed E-state index contributed by atoms with van der Waals surface area (Å²) >= 11 is 0. The Morgan fingerprint density at radius 3 is 2.48 bits per heavy atom. The number of hydrogen-bond acceptors (Lipinski definition) is 6. The molecule has 6 nitrogen and oxygen atoms in total. The number of esters is 1. The first-order chi connectivity index (χ1) is 14.4. The summed E-state index contributed by atoms with van der Waals surface area (Å²) in [6.07, 6.45) is 4.85. The zero-order valence-electron chi connectivity index (χ0n) is 19.5. The normalized spacial score (nSPS) is 48.8. The highest BCUT2D eigenvalue weighted by Crippen LogP contribution is 2.62. The number of ketones is 1. The van der Waals surface area contributed by atoms with E-state index in [9.17, 15) is 19.8 Å². The third-order valence-electron chi connectivity index (χ3n) is 8.64. The van der Waals surface area contributed by atoms with Gasteiger partial charge in [0.05, 0.1) is 11.5 Å². The first-order valence-electron chi connectivity index (χ1n) is 11.6. The van der Waals surface area contributed by atoms with Crippen molar-refractivity contribution in [2.75, 3.05) is 0 Å². The van der Waals surface area contributed by atoms with Crippen molar-refractivity contribution >= 4 is 11.8 Å². The molecule has 2 saturated carbocycles. The van der Waals surface area contributed by atoms with Gasteiger partial charge in [-0.05, 0) is 70.8 Å². The highest BCUT2D eigenvalue weighted by Gasteiger charge is 2.75. The molecule has 0 aromatic rings. The zero-order valence-corrected chi connectivity index (χ0v) is 19.5. The van der Waals surface area contributed by atoms with Crippen LogP contribution in [0.5, 0.6) is 0 Å². The van der Waals surface area contributed by atoms with Gasteiger partial charge in [0.15, 0.2) is 5.78 Å². The van der Waals surface area contributed by atoms with Crippen LogP contribution >= 0.6 is 0 Å². The van der Waals surface area contributed by atoms with Crippen molar-refractivity contribution in [3.63, 3.8) is 0 Å². The molecule has 3 fully saturated rings. The molecule has 6 heteroatoms. The van der Waals surface area contributed by atoms with Gasteiger partial charge in [0.2, 0.25) is 0 Å². The van der Waals surface area contributed by atoms with Gasteiger partial charge in [-0.2, -0.15) is 0 Å². The molecule has 31 heavy (non-hydrogen) atoms. The van der Waals surface area contributed by atoms with Gasteiger partial charge in [-0.1, -0.05) is 25.5 Å². The van der Waals surface area contributed by atoms with E-state index in [-0.39, 0.29) is 35.6 Å². The maximum atomic E-state index is 13.9. The number of Topliss-reactive ketones (excluding diaryl/α,β-unsaturated/α-hetero) is 1. The number of carbonyl (C=O) groups excluding carboxylic acids is 2. The molecule has 172 valence electrons. The molecule has 0 aromatic carbocycles. The Hall–Kier alpha value is -1.50. The molecular formula is C25H36O6. The second-order valence-electron chi connectivity index (χ2n) is 10.8. The number of rotatable bonds is 4. The Kier molecular flexibility index (Phi) is 5.31. The molecule has 0 spiro atoms. The van der Waals surface area contributed by atoms with Crippen LogP contribution in [0.1, 0.15) is 67.2 Å².